The van der Waals surface area contributed by atoms with Crippen LogP contribution < -0.4 is 14.4 Å². The predicted molar refractivity (Wildman–Crippen MR) is 156 cm³/mol. The molecule has 1 atom stereocenters. The Morgan fingerprint density at radius 2 is 1.77 bits per heavy atom. The molecule has 0 saturated heterocycles. The SMILES string of the molecule is COc1ccccc1N(CCCC(=O)N(Cc1ccc(Cl)c(Cl)c1)[C@@H](C)C(=O)NC1CCCCC1)S(C)(=O)=O. The molecular formula is C28H37Cl2N3O5S. The van der Waals surface area contributed by atoms with E-state index in [1.165, 1.54) is 22.7 Å². The van der Waals surface area contributed by atoms with Crippen molar-refractivity contribution >= 4 is 50.7 Å². The molecule has 1 aliphatic carbocycles. The number of carbonyl (C=O) groups is 2. The monoisotopic (exact) mass is 597 g/mol. The number of amides is 2. The minimum absolute atomic E-state index is 0.0452. The molecule has 1 fully saturated rings. The zero-order chi connectivity index (χ0) is 28.6. The summed E-state index contributed by atoms with van der Waals surface area (Å²) in [6.07, 6.45) is 6.61. The molecule has 1 saturated carbocycles. The fourth-order valence-corrected chi connectivity index (χ4v) is 6.09. The van der Waals surface area contributed by atoms with Gasteiger partial charge in [0.2, 0.25) is 21.8 Å². The molecule has 2 aromatic carbocycles. The predicted octanol–water partition coefficient (Wildman–Crippen LogP) is 5.41. The molecule has 0 bridgehead atoms. The number of nitrogens with zero attached hydrogens (tertiary/aromatic N) is 2. The summed E-state index contributed by atoms with van der Waals surface area (Å²) in [5.74, 6) is -0.0496. The maximum Gasteiger partial charge on any atom is 0.242 e. The van der Waals surface area contributed by atoms with Crippen molar-refractivity contribution in [2.75, 3.05) is 24.2 Å². The normalized spacial score (nSPS) is 14.9. The molecule has 1 N–H and O–H groups in total. The Labute approximate surface area is 241 Å². The molecule has 0 unspecified atom stereocenters. The van der Waals surface area contributed by atoms with Crippen LogP contribution in [0.1, 0.15) is 57.4 Å². The molecule has 3 rings (SSSR count). The van der Waals surface area contributed by atoms with Crippen LogP contribution in [0.3, 0.4) is 0 Å². The summed E-state index contributed by atoms with van der Waals surface area (Å²) in [4.78, 5) is 28.2. The molecule has 2 amide bonds. The Balaban J connectivity index is 1.75. The Kier molecular flexibility index (Phi) is 11.3. The van der Waals surface area contributed by atoms with Gasteiger partial charge in [0.15, 0.2) is 0 Å². The summed E-state index contributed by atoms with van der Waals surface area (Å²) in [5, 5.41) is 3.87. The van der Waals surface area contributed by atoms with Gasteiger partial charge < -0.3 is 15.0 Å². The second kappa shape index (κ2) is 14.2. The lowest BCUT2D eigenvalue weighted by Gasteiger charge is -2.31. The average Bonchev–Trinajstić information content (AvgIpc) is 2.91. The van der Waals surface area contributed by atoms with Crippen LogP contribution in [0, 0.1) is 0 Å². The number of para-hydroxylation sites is 2. The fraction of sp³-hybridized carbons (Fsp3) is 0.500. The van der Waals surface area contributed by atoms with Gasteiger partial charge in [-0.15, -0.1) is 0 Å². The minimum atomic E-state index is -3.64. The van der Waals surface area contributed by atoms with Crippen LogP contribution in [0.2, 0.25) is 10.0 Å². The molecule has 11 heteroatoms. The number of sulfonamides is 1. The molecule has 214 valence electrons. The van der Waals surface area contributed by atoms with Crippen molar-refractivity contribution in [2.24, 2.45) is 0 Å². The number of methoxy groups -OCH3 is 1. The van der Waals surface area contributed by atoms with Gasteiger partial charge in [0.1, 0.15) is 11.8 Å². The van der Waals surface area contributed by atoms with E-state index >= 15 is 0 Å². The van der Waals surface area contributed by atoms with Crippen molar-refractivity contribution in [3.63, 3.8) is 0 Å². The first kappa shape index (κ1) is 31.0. The highest BCUT2D eigenvalue weighted by atomic mass is 35.5. The van der Waals surface area contributed by atoms with Crippen molar-refractivity contribution < 1.29 is 22.7 Å². The van der Waals surface area contributed by atoms with E-state index in [2.05, 4.69) is 5.32 Å². The lowest BCUT2D eigenvalue weighted by molar-refractivity contribution is -0.141. The summed E-state index contributed by atoms with van der Waals surface area (Å²) in [6, 6.07) is 11.3. The van der Waals surface area contributed by atoms with Gasteiger partial charge in [-0.25, -0.2) is 8.42 Å². The second-order valence-corrected chi connectivity index (χ2v) is 12.6. The van der Waals surface area contributed by atoms with Gasteiger partial charge in [-0.1, -0.05) is 60.7 Å². The largest absolute Gasteiger partial charge is 0.495 e. The van der Waals surface area contributed by atoms with Crippen molar-refractivity contribution in [1.29, 1.82) is 0 Å². The topological polar surface area (TPSA) is 96.0 Å². The number of nitrogens with one attached hydrogen (secondary N) is 1. The lowest BCUT2D eigenvalue weighted by atomic mass is 9.95. The Morgan fingerprint density at radius 1 is 1.08 bits per heavy atom. The maximum atomic E-state index is 13.5. The third-order valence-corrected chi connectivity index (χ3v) is 8.88. The summed E-state index contributed by atoms with van der Waals surface area (Å²) in [6.45, 7) is 1.96. The first-order valence-corrected chi connectivity index (χ1v) is 15.8. The van der Waals surface area contributed by atoms with E-state index in [4.69, 9.17) is 27.9 Å². The summed E-state index contributed by atoms with van der Waals surface area (Å²) in [7, 11) is -2.16. The molecule has 0 spiro atoms. The van der Waals surface area contributed by atoms with E-state index in [9.17, 15) is 18.0 Å². The second-order valence-electron chi connectivity index (χ2n) is 9.90. The summed E-state index contributed by atoms with van der Waals surface area (Å²) < 4.78 is 31.8. The van der Waals surface area contributed by atoms with E-state index in [0.29, 0.717) is 21.5 Å². The van der Waals surface area contributed by atoms with Gasteiger partial charge in [-0.05, 0) is 56.0 Å². The van der Waals surface area contributed by atoms with Crippen molar-refractivity contribution in [3.8, 4) is 5.75 Å². The molecule has 0 radical (unpaired) electrons. The maximum absolute atomic E-state index is 13.5. The third-order valence-electron chi connectivity index (χ3n) is 6.96. The van der Waals surface area contributed by atoms with Crippen molar-refractivity contribution in [1.82, 2.24) is 10.2 Å². The van der Waals surface area contributed by atoms with Crippen LogP contribution in [0.15, 0.2) is 42.5 Å². The van der Waals surface area contributed by atoms with E-state index < -0.39 is 16.1 Å². The molecule has 0 aliphatic heterocycles. The highest BCUT2D eigenvalue weighted by molar-refractivity contribution is 7.92. The standard InChI is InChI=1S/C28H37Cl2N3O5S/c1-20(28(35)31-22-10-5-4-6-11-22)32(19-21-15-16-23(29)24(30)18-21)27(34)14-9-17-33(39(3,36)37)25-12-7-8-13-26(25)38-2/h7-8,12-13,15-16,18,20,22H,4-6,9-11,14,17,19H2,1-3H3,(H,31,35)/t20-/m0/s1. The number of benzene rings is 2. The quantitative estimate of drug-likeness (QED) is 0.352. The van der Waals surface area contributed by atoms with Crippen LogP contribution >= 0.6 is 23.2 Å². The van der Waals surface area contributed by atoms with Gasteiger partial charge in [0.25, 0.3) is 0 Å². The molecule has 2 aromatic rings. The number of ether oxygens (including phenoxy) is 1. The smallest absolute Gasteiger partial charge is 0.242 e. The van der Waals surface area contributed by atoms with Crippen LogP contribution in [0.25, 0.3) is 0 Å². The van der Waals surface area contributed by atoms with Crippen molar-refractivity contribution in [3.05, 3.63) is 58.1 Å². The zero-order valence-corrected chi connectivity index (χ0v) is 25.0. The number of carbonyl (C=O) groups excluding carboxylic acids is 2. The molecular weight excluding hydrogens is 561 g/mol. The minimum Gasteiger partial charge on any atom is -0.495 e. The zero-order valence-electron chi connectivity index (χ0n) is 22.7. The van der Waals surface area contributed by atoms with Crippen LogP contribution in [0.4, 0.5) is 5.69 Å². The first-order valence-electron chi connectivity index (χ1n) is 13.2. The van der Waals surface area contributed by atoms with Crippen LogP contribution in [-0.2, 0) is 26.2 Å². The lowest BCUT2D eigenvalue weighted by Crippen LogP contribution is -2.50. The Hall–Kier alpha value is -2.49. The number of halogens is 2. The first-order chi connectivity index (χ1) is 18.5. The number of hydrogen-bond donors (Lipinski definition) is 1. The van der Waals surface area contributed by atoms with Gasteiger partial charge >= 0.3 is 0 Å². The van der Waals surface area contributed by atoms with Crippen LogP contribution in [0.5, 0.6) is 5.75 Å². The van der Waals surface area contributed by atoms with Crippen LogP contribution in [-0.4, -0.2) is 57.1 Å². The number of hydrogen-bond acceptors (Lipinski definition) is 5. The Bertz CT molecular complexity index is 1250. The molecule has 0 heterocycles. The highest BCUT2D eigenvalue weighted by Gasteiger charge is 2.29. The molecule has 1 aliphatic rings. The molecule has 39 heavy (non-hydrogen) atoms. The van der Waals surface area contributed by atoms with Gasteiger partial charge in [0.05, 0.1) is 29.1 Å². The molecule has 0 aromatic heterocycles. The third kappa shape index (κ3) is 8.75. The fourth-order valence-electron chi connectivity index (χ4n) is 4.80. The number of anilines is 1. The summed E-state index contributed by atoms with van der Waals surface area (Å²) in [5.41, 5.74) is 1.14. The highest BCUT2D eigenvalue weighted by Crippen LogP contribution is 2.30. The van der Waals surface area contributed by atoms with E-state index in [1.54, 1.807) is 49.4 Å². The Morgan fingerprint density at radius 3 is 2.41 bits per heavy atom. The van der Waals surface area contributed by atoms with Gasteiger partial charge in [-0.2, -0.15) is 0 Å². The number of rotatable bonds is 12. The average molecular weight is 599 g/mol. The summed E-state index contributed by atoms with van der Waals surface area (Å²) >= 11 is 12.3. The van der Waals surface area contributed by atoms with Gasteiger partial charge in [0, 0.05) is 25.6 Å². The van der Waals surface area contributed by atoms with E-state index in [-0.39, 0.29) is 43.8 Å². The van der Waals surface area contributed by atoms with E-state index in [0.717, 1.165) is 37.5 Å². The van der Waals surface area contributed by atoms with Crippen molar-refractivity contribution in [2.45, 2.75) is 70.5 Å². The van der Waals surface area contributed by atoms with E-state index in [1.807, 2.05) is 0 Å². The molecule has 8 nitrogen and oxygen atoms in total. The van der Waals surface area contributed by atoms with Gasteiger partial charge in [-0.3, -0.25) is 13.9 Å².